The highest BCUT2D eigenvalue weighted by Crippen LogP contribution is 2.50. The molecule has 4 heteroatoms. The molecule has 1 aliphatic rings. The van der Waals surface area contributed by atoms with Crippen molar-refractivity contribution in [3.05, 3.63) is 83.6 Å². The van der Waals surface area contributed by atoms with E-state index in [0.29, 0.717) is 12.5 Å². The molecule has 32 heavy (non-hydrogen) atoms. The lowest BCUT2D eigenvalue weighted by atomic mass is 9.65. The first-order chi connectivity index (χ1) is 15.5. The number of H-pyrrole nitrogens is 1. The normalized spacial score (nSPS) is 19.7. The Hall–Kier alpha value is -2.85. The summed E-state index contributed by atoms with van der Waals surface area (Å²) in [6.45, 7) is 8.85. The van der Waals surface area contributed by atoms with Gasteiger partial charge in [0.05, 0.1) is 6.42 Å². The molecule has 4 N–H and O–H groups in total. The highest BCUT2D eigenvalue weighted by atomic mass is 16.4. The number of carboxylic acid groups (broad SMARTS) is 1. The Kier molecular flexibility index (Phi) is 7.92. The van der Waals surface area contributed by atoms with Crippen molar-refractivity contribution in [3.8, 4) is 0 Å². The molecule has 170 valence electrons. The van der Waals surface area contributed by atoms with Crippen LogP contribution < -0.4 is 5.73 Å². The van der Waals surface area contributed by atoms with Crippen molar-refractivity contribution in [2.75, 3.05) is 0 Å². The van der Waals surface area contributed by atoms with E-state index < -0.39 is 5.97 Å². The lowest BCUT2D eigenvalue weighted by Crippen LogP contribution is -2.34. The van der Waals surface area contributed by atoms with Gasteiger partial charge in [0.2, 0.25) is 0 Å². The van der Waals surface area contributed by atoms with E-state index >= 15 is 0 Å². The SMILES string of the molecule is C=CC[C@H]1CC[C@@](CC)(CC(=O)O)c2[nH]c3c(CC)cccc3c21.NCc1ccccc1. The van der Waals surface area contributed by atoms with Gasteiger partial charge >= 0.3 is 5.97 Å². The third-order valence-corrected chi connectivity index (χ3v) is 6.95. The Morgan fingerprint density at radius 3 is 2.53 bits per heavy atom. The molecule has 0 bridgehead atoms. The van der Waals surface area contributed by atoms with Gasteiger partial charge in [0.25, 0.3) is 0 Å². The van der Waals surface area contributed by atoms with Crippen LogP contribution in [0.3, 0.4) is 0 Å². The number of hydrogen-bond acceptors (Lipinski definition) is 2. The molecule has 0 spiro atoms. The van der Waals surface area contributed by atoms with Crippen molar-refractivity contribution in [2.24, 2.45) is 5.73 Å². The van der Waals surface area contributed by atoms with E-state index in [1.807, 2.05) is 36.4 Å². The highest BCUT2D eigenvalue weighted by molar-refractivity contribution is 5.89. The highest BCUT2D eigenvalue weighted by Gasteiger charge is 2.42. The summed E-state index contributed by atoms with van der Waals surface area (Å²) in [5, 5.41) is 10.8. The number of aliphatic carboxylic acids is 1. The van der Waals surface area contributed by atoms with Crippen molar-refractivity contribution in [3.63, 3.8) is 0 Å². The second-order valence-corrected chi connectivity index (χ2v) is 8.76. The molecule has 4 rings (SSSR count). The van der Waals surface area contributed by atoms with E-state index in [0.717, 1.165) is 32.1 Å². The molecule has 0 saturated heterocycles. The van der Waals surface area contributed by atoms with E-state index in [9.17, 15) is 9.90 Å². The smallest absolute Gasteiger partial charge is 0.304 e. The number of para-hydroxylation sites is 1. The first kappa shape index (κ1) is 23.8. The van der Waals surface area contributed by atoms with Crippen LogP contribution in [0.1, 0.15) is 74.3 Å². The van der Waals surface area contributed by atoms with Gasteiger partial charge in [-0.1, -0.05) is 68.5 Å². The number of nitrogens with two attached hydrogens (primary N) is 1. The Balaban J connectivity index is 0.000000305. The lowest BCUT2D eigenvalue weighted by molar-refractivity contribution is -0.138. The van der Waals surface area contributed by atoms with Gasteiger partial charge in [-0.25, -0.2) is 0 Å². The van der Waals surface area contributed by atoms with E-state index in [2.05, 4.69) is 43.6 Å². The average molecular weight is 433 g/mol. The molecule has 0 amide bonds. The fourth-order valence-corrected chi connectivity index (χ4v) is 5.15. The minimum atomic E-state index is -0.709. The molecule has 1 aromatic heterocycles. The number of rotatable bonds is 7. The zero-order chi connectivity index (χ0) is 23.1. The zero-order valence-corrected chi connectivity index (χ0v) is 19.4. The summed E-state index contributed by atoms with van der Waals surface area (Å²) in [7, 11) is 0. The largest absolute Gasteiger partial charge is 0.481 e. The molecule has 0 radical (unpaired) electrons. The van der Waals surface area contributed by atoms with Gasteiger partial charge in [0, 0.05) is 28.6 Å². The minimum Gasteiger partial charge on any atom is -0.481 e. The summed E-state index contributed by atoms with van der Waals surface area (Å²) in [5.41, 5.74) is 11.3. The number of carboxylic acids is 1. The topological polar surface area (TPSA) is 79.1 Å². The van der Waals surface area contributed by atoms with Crippen LogP contribution in [-0.4, -0.2) is 16.1 Å². The summed E-state index contributed by atoms with van der Waals surface area (Å²) < 4.78 is 0. The number of aromatic nitrogens is 1. The van der Waals surface area contributed by atoms with Gasteiger partial charge in [-0.3, -0.25) is 4.79 Å². The van der Waals surface area contributed by atoms with Crippen LogP contribution in [0.25, 0.3) is 10.9 Å². The number of fused-ring (bicyclic) bond motifs is 3. The second-order valence-electron chi connectivity index (χ2n) is 8.76. The van der Waals surface area contributed by atoms with Gasteiger partial charge in [-0.15, -0.1) is 6.58 Å². The molecule has 3 aromatic rings. The number of aromatic amines is 1. The standard InChI is InChI=1S/C21H27NO2.C7H9N/c1-4-8-15-11-12-21(6-3,13-17(23)24)20-18(15)16-10-7-9-14(5-2)19(16)22-20;8-6-7-4-2-1-3-5-7/h4,7,9-10,15,22H,1,5-6,8,11-13H2,2-3H3,(H,23,24);1-5H,6,8H2/t15-,21-;/m0./s1. The Morgan fingerprint density at radius 2 is 1.97 bits per heavy atom. The maximum Gasteiger partial charge on any atom is 0.304 e. The number of hydrogen-bond donors (Lipinski definition) is 3. The fourth-order valence-electron chi connectivity index (χ4n) is 5.15. The second kappa shape index (κ2) is 10.6. The van der Waals surface area contributed by atoms with Crippen LogP contribution in [0, 0.1) is 0 Å². The molecular weight excluding hydrogens is 396 g/mol. The first-order valence-corrected chi connectivity index (χ1v) is 11.7. The molecule has 4 nitrogen and oxygen atoms in total. The van der Waals surface area contributed by atoms with E-state index in [4.69, 9.17) is 5.73 Å². The lowest BCUT2D eigenvalue weighted by Gasteiger charge is -2.38. The predicted molar refractivity (Wildman–Crippen MR) is 133 cm³/mol. The zero-order valence-electron chi connectivity index (χ0n) is 19.4. The van der Waals surface area contributed by atoms with E-state index in [1.54, 1.807) is 0 Å². The number of aryl methyl sites for hydroxylation is 1. The van der Waals surface area contributed by atoms with Crippen LogP contribution in [0.5, 0.6) is 0 Å². The van der Waals surface area contributed by atoms with Gasteiger partial charge < -0.3 is 15.8 Å². The number of allylic oxidation sites excluding steroid dienone is 1. The Morgan fingerprint density at radius 1 is 1.22 bits per heavy atom. The maximum atomic E-state index is 11.6. The van der Waals surface area contributed by atoms with Crippen LogP contribution in [0.4, 0.5) is 0 Å². The van der Waals surface area contributed by atoms with Crippen molar-refractivity contribution in [1.29, 1.82) is 0 Å². The van der Waals surface area contributed by atoms with Crippen LogP contribution >= 0.6 is 0 Å². The Labute approximate surface area is 191 Å². The summed E-state index contributed by atoms with van der Waals surface area (Å²) in [6.07, 6.45) is 6.92. The number of nitrogens with one attached hydrogen (secondary N) is 1. The predicted octanol–water partition coefficient (Wildman–Crippen LogP) is 6.45. The van der Waals surface area contributed by atoms with Crippen molar-refractivity contribution < 1.29 is 9.90 Å². The molecule has 0 saturated carbocycles. The van der Waals surface area contributed by atoms with E-state index in [-0.39, 0.29) is 11.8 Å². The molecule has 1 aliphatic carbocycles. The molecule has 2 aromatic carbocycles. The molecule has 2 atom stereocenters. The molecule has 1 heterocycles. The monoisotopic (exact) mass is 432 g/mol. The van der Waals surface area contributed by atoms with Crippen LogP contribution in [0.2, 0.25) is 0 Å². The molecule has 0 unspecified atom stereocenters. The van der Waals surface area contributed by atoms with Gasteiger partial charge in [-0.05, 0) is 54.7 Å². The third-order valence-electron chi connectivity index (χ3n) is 6.95. The fraction of sp³-hybridized carbons (Fsp3) is 0.393. The number of carbonyl (C=O) groups is 1. The molecular formula is C28H36N2O2. The average Bonchev–Trinajstić information content (AvgIpc) is 3.22. The van der Waals surface area contributed by atoms with E-state index in [1.165, 1.54) is 33.3 Å². The summed E-state index contributed by atoms with van der Waals surface area (Å²) in [4.78, 5) is 15.2. The van der Waals surface area contributed by atoms with Crippen molar-refractivity contribution in [1.82, 2.24) is 4.98 Å². The molecule has 0 fully saturated rings. The third kappa shape index (κ3) is 4.81. The first-order valence-electron chi connectivity index (χ1n) is 11.7. The number of benzene rings is 2. The van der Waals surface area contributed by atoms with Crippen LogP contribution in [-0.2, 0) is 23.2 Å². The quantitative estimate of drug-likeness (QED) is 0.375. The maximum absolute atomic E-state index is 11.6. The minimum absolute atomic E-state index is 0.200. The van der Waals surface area contributed by atoms with Gasteiger partial charge in [0.15, 0.2) is 0 Å². The summed E-state index contributed by atoms with van der Waals surface area (Å²) in [6, 6.07) is 16.5. The Bertz CT molecular complexity index is 1050. The summed E-state index contributed by atoms with van der Waals surface area (Å²) >= 11 is 0. The van der Waals surface area contributed by atoms with Crippen molar-refractivity contribution >= 4 is 16.9 Å². The van der Waals surface area contributed by atoms with Crippen molar-refractivity contribution in [2.45, 2.75) is 70.3 Å². The van der Waals surface area contributed by atoms with Crippen LogP contribution in [0.15, 0.2) is 61.2 Å². The molecule has 0 aliphatic heterocycles. The van der Waals surface area contributed by atoms with Gasteiger partial charge in [0.1, 0.15) is 0 Å². The van der Waals surface area contributed by atoms with Gasteiger partial charge in [-0.2, -0.15) is 0 Å². The summed E-state index contributed by atoms with van der Waals surface area (Å²) in [5.74, 6) is -0.272.